The number of benzene rings is 2. The molecule has 0 aliphatic carbocycles. The number of carbonyl (C=O) groups excluding carboxylic acids is 1. The van der Waals surface area contributed by atoms with Crippen LogP contribution in [0.5, 0.6) is 0 Å². The van der Waals surface area contributed by atoms with Gasteiger partial charge in [-0.1, -0.05) is 35.5 Å². The van der Waals surface area contributed by atoms with Crippen molar-refractivity contribution >= 4 is 45.0 Å². The quantitative estimate of drug-likeness (QED) is 0.691. The molecule has 1 saturated heterocycles. The van der Waals surface area contributed by atoms with Crippen molar-refractivity contribution in [1.29, 1.82) is 0 Å². The van der Waals surface area contributed by atoms with Crippen molar-refractivity contribution in [3.8, 4) is 0 Å². The molecule has 7 nitrogen and oxygen atoms in total. The Hall–Kier alpha value is -1.78. The van der Waals surface area contributed by atoms with Crippen LogP contribution in [0.15, 0.2) is 51.1 Å². The lowest BCUT2D eigenvalue weighted by molar-refractivity contribution is 0.0730. The lowest BCUT2D eigenvalue weighted by Gasteiger charge is -2.26. The first-order valence-electron chi connectivity index (χ1n) is 8.50. The second-order valence-corrected chi connectivity index (χ2v) is 9.41. The molecule has 10 heteroatoms. The molecule has 0 bridgehead atoms. The first-order valence-corrected chi connectivity index (χ1v) is 11.1. The van der Waals surface area contributed by atoms with E-state index in [4.69, 9.17) is 22.1 Å². The van der Waals surface area contributed by atoms with Gasteiger partial charge in [0.2, 0.25) is 10.0 Å². The van der Waals surface area contributed by atoms with E-state index in [1.807, 2.05) is 18.2 Å². The summed E-state index contributed by atoms with van der Waals surface area (Å²) >= 11 is 7.60. The van der Waals surface area contributed by atoms with Crippen molar-refractivity contribution in [2.75, 3.05) is 39.1 Å². The molecule has 0 spiro atoms. The molecule has 3 rings (SSSR count). The van der Waals surface area contributed by atoms with Gasteiger partial charge in [-0.15, -0.1) is 0 Å². The molecule has 1 aliphatic rings. The first kappa shape index (κ1) is 20.9. The number of rotatable bonds is 5. The lowest BCUT2D eigenvalue weighted by Crippen LogP contribution is -2.40. The zero-order chi connectivity index (χ0) is 20.3. The molecule has 1 aliphatic heterocycles. The van der Waals surface area contributed by atoms with E-state index in [2.05, 4.69) is 5.32 Å². The third kappa shape index (κ3) is 4.28. The molecule has 1 fully saturated rings. The van der Waals surface area contributed by atoms with Gasteiger partial charge in [0.1, 0.15) is 4.90 Å². The number of nitrogens with two attached hydrogens (primary N) is 1. The molecule has 28 heavy (non-hydrogen) atoms. The molecule has 2 aromatic carbocycles. The average molecular weight is 442 g/mol. The summed E-state index contributed by atoms with van der Waals surface area (Å²) in [5, 5.41) is 2.60. The maximum absolute atomic E-state index is 13.0. The van der Waals surface area contributed by atoms with Crippen LogP contribution >= 0.6 is 23.4 Å². The van der Waals surface area contributed by atoms with Crippen LogP contribution in [-0.4, -0.2) is 52.0 Å². The minimum absolute atomic E-state index is 0.0520. The van der Waals surface area contributed by atoms with Gasteiger partial charge in [-0.2, -0.15) is 4.31 Å². The fourth-order valence-corrected chi connectivity index (χ4v) is 5.76. The fraction of sp³-hybridized carbons (Fsp3) is 0.278. The van der Waals surface area contributed by atoms with Gasteiger partial charge in [-0.3, -0.25) is 4.79 Å². The molecule has 0 atom stereocenters. The predicted octanol–water partition coefficient (Wildman–Crippen LogP) is 2.45. The predicted molar refractivity (Wildman–Crippen MR) is 109 cm³/mol. The van der Waals surface area contributed by atoms with Crippen molar-refractivity contribution < 1.29 is 17.9 Å². The minimum Gasteiger partial charge on any atom is -0.398 e. The Morgan fingerprint density at radius 2 is 1.89 bits per heavy atom. The number of nitrogens with zero attached hydrogens (tertiary/aromatic N) is 1. The first-order chi connectivity index (χ1) is 13.3. The van der Waals surface area contributed by atoms with Crippen molar-refractivity contribution in [2.45, 2.75) is 14.7 Å². The van der Waals surface area contributed by atoms with E-state index in [-0.39, 0.29) is 28.6 Å². The Kier molecular flexibility index (Phi) is 6.51. The molecule has 1 amide bonds. The van der Waals surface area contributed by atoms with E-state index >= 15 is 0 Å². The molecule has 150 valence electrons. The summed E-state index contributed by atoms with van der Waals surface area (Å²) < 4.78 is 32.6. The van der Waals surface area contributed by atoms with Gasteiger partial charge in [-0.05, 0) is 24.3 Å². The van der Waals surface area contributed by atoms with Crippen LogP contribution in [0.4, 0.5) is 5.69 Å². The smallest absolute Gasteiger partial charge is 0.252 e. The van der Waals surface area contributed by atoms with E-state index in [1.165, 1.54) is 35.2 Å². The Morgan fingerprint density at radius 3 is 2.54 bits per heavy atom. The molecule has 0 unspecified atom stereocenters. The number of nitrogens with one attached hydrogen (secondary N) is 1. The van der Waals surface area contributed by atoms with Gasteiger partial charge >= 0.3 is 0 Å². The summed E-state index contributed by atoms with van der Waals surface area (Å²) in [6, 6.07) is 10.0. The Labute approximate surface area is 173 Å². The number of anilines is 1. The summed E-state index contributed by atoms with van der Waals surface area (Å²) in [7, 11) is -2.36. The monoisotopic (exact) mass is 441 g/mol. The highest BCUT2D eigenvalue weighted by Crippen LogP contribution is 2.38. The van der Waals surface area contributed by atoms with Crippen molar-refractivity contribution in [3.63, 3.8) is 0 Å². The Balaban J connectivity index is 2.07. The Bertz CT molecular complexity index is 992. The van der Waals surface area contributed by atoms with Crippen molar-refractivity contribution in [2.24, 2.45) is 0 Å². The number of hydrogen-bond donors (Lipinski definition) is 2. The lowest BCUT2D eigenvalue weighted by atomic mass is 10.2. The number of carbonyl (C=O) groups is 1. The molecule has 0 radical (unpaired) electrons. The van der Waals surface area contributed by atoms with Crippen molar-refractivity contribution in [1.82, 2.24) is 9.62 Å². The highest BCUT2D eigenvalue weighted by atomic mass is 35.5. The maximum atomic E-state index is 13.0. The largest absolute Gasteiger partial charge is 0.398 e. The molecule has 0 saturated carbocycles. The molecule has 3 N–H and O–H groups in total. The standard InChI is InChI=1S/C18H20ClN3O4S2/c1-21-18(23)12-10-17(28(24,25)22-6-8-26-9-7-22)13(19)11-16(12)27-15-5-3-2-4-14(15)20/h2-5,10-11H,6-9,20H2,1H3,(H,21,23). The summed E-state index contributed by atoms with van der Waals surface area (Å²) in [6.45, 7) is 1.12. The summed E-state index contributed by atoms with van der Waals surface area (Å²) in [5.41, 5.74) is 6.76. The third-order valence-corrected chi connectivity index (χ3v) is 7.75. The second kappa shape index (κ2) is 8.71. The average Bonchev–Trinajstić information content (AvgIpc) is 2.70. The van der Waals surface area contributed by atoms with Crippen LogP contribution in [0.2, 0.25) is 5.02 Å². The number of ether oxygens (including phenoxy) is 1. The number of amides is 1. The van der Waals surface area contributed by atoms with Crippen molar-refractivity contribution in [3.05, 3.63) is 47.0 Å². The topological polar surface area (TPSA) is 102 Å². The van der Waals surface area contributed by atoms with Crippen LogP contribution in [0, 0.1) is 0 Å². The molecule has 0 aromatic heterocycles. The zero-order valence-electron chi connectivity index (χ0n) is 15.1. The summed E-state index contributed by atoms with van der Waals surface area (Å²) in [5.74, 6) is -0.410. The van der Waals surface area contributed by atoms with E-state index < -0.39 is 15.9 Å². The van der Waals surface area contributed by atoms with E-state index in [1.54, 1.807) is 6.07 Å². The number of para-hydroxylation sites is 1. The van der Waals surface area contributed by atoms with E-state index in [0.717, 1.165) is 4.90 Å². The molecule has 1 heterocycles. The van der Waals surface area contributed by atoms with Gasteiger partial charge in [0.05, 0.1) is 23.8 Å². The van der Waals surface area contributed by atoms with Crippen LogP contribution in [-0.2, 0) is 14.8 Å². The van der Waals surface area contributed by atoms with E-state index in [0.29, 0.717) is 23.8 Å². The van der Waals surface area contributed by atoms with Crippen LogP contribution < -0.4 is 11.1 Å². The number of nitrogen functional groups attached to an aromatic ring is 1. The van der Waals surface area contributed by atoms with E-state index in [9.17, 15) is 13.2 Å². The normalized spacial score (nSPS) is 15.4. The SMILES string of the molecule is CNC(=O)c1cc(S(=O)(=O)N2CCOCC2)c(Cl)cc1Sc1ccccc1N. The second-order valence-electron chi connectivity index (χ2n) is 6.01. The van der Waals surface area contributed by atoms with Crippen LogP contribution in [0.25, 0.3) is 0 Å². The molecular weight excluding hydrogens is 422 g/mol. The van der Waals surface area contributed by atoms with Gasteiger partial charge in [0.25, 0.3) is 5.91 Å². The summed E-state index contributed by atoms with van der Waals surface area (Å²) in [6.07, 6.45) is 0. The maximum Gasteiger partial charge on any atom is 0.252 e. The molecule has 2 aromatic rings. The third-order valence-electron chi connectivity index (χ3n) is 4.23. The van der Waals surface area contributed by atoms with Gasteiger partial charge < -0.3 is 15.8 Å². The zero-order valence-corrected chi connectivity index (χ0v) is 17.5. The summed E-state index contributed by atoms with van der Waals surface area (Å²) in [4.78, 5) is 13.6. The number of halogens is 1. The highest BCUT2D eigenvalue weighted by molar-refractivity contribution is 7.99. The van der Waals surface area contributed by atoms with Gasteiger partial charge in [0, 0.05) is 35.6 Å². The van der Waals surface area contributed by atoms with Crippen LogP contribution in [0.1, 0.15) is 10.4 Å². The van der Waals surface area contributed by atoms with Crippen LogP contribution in [0.3, 0.4) is 0 Å². The van der Waals surface area contributed by atoms with Gasteiger partial charge in [-0.25, -0.2) is 8.42 Å². The minimum atomic E-state index is -3.85. The fourth-order valence-electron chi connectivity index (χ4n) is 2.75. The highest BCUT2D eigenvalue weighted by Gasteiger charge is 2.30. The van der Waals surface area contributed by atoms with Gasteiger partial charge in [0.15, 0.2) is 0 Å². The number of hydrogen-bond acceptors (Lipinski definition) is 6. The molecular formula is C18H20ClN3O4S2. The number of sulfonamides is 1. The number of morpholine rings is 1. The Morgan fingerprint density at radius 1 is 1.21 bits per heavy atom.